The number of carboxylic acids is 1. The summed E-state index contributed by atoms with van der Waals surface area (Å²) in [5.41, 5.74) is 1.34. The molecule has 0 saturated carbocycles. The van der Waals surface area contributed by atoms with E-state index in [1.807, 2.05) is 31.2 Å². The SMILES string of the molecule is CC1CCN(C(=O)c2cc3ccccc3[nH]2)C(C(=O)O)C1. The van der Waals surface area contributed by atoms with E-state index < -0.39 is 12.0 Å². The molecule has 1 saturated heterocycles. The molecular weight excluding hydrogens is 268 g/mol. The van der Waals surface area contributed by atoms with Crippen LogP contribution in [0.4, 0.5) is 0 Å². The maximum absolute atomic E-state index is 12.6. The first-order valence-corrected chi connectivity index (χ1v) is 7.18. The predicted octanol–water partition coefficient (Wildman–Crippen LogP) is 2.49. The average molecular weight is 286 g/mol. The lowest BCUT2D eigenvalue weighted by Gasteiger charge is -2.35. The van der Waals surface area contributed by atoms with Gasteiger partial charge in [-0.2, -0.15) is 0 Å². The summed E-state index contributed by atoms with van der Waals surface area (Å²) < 4.78 is 0. The minimum absolute atomic E-state index is 0.231. The van der Waals surface area contributed by atoms with E-state index in [2.05, 4.69) is 4.98 Å². The van der Waals surface area contributed by atoms with Gasteiger partial charge in [-0.25, -0.2) is 4.79 Å². The summed E-state index contributed by atoms with van der Waals surface area (Å²) in [6.07, 6.45) is 1.36. The van der Waals surface area contributed by atoms with Gasteiger partial charge in [0, 0.05) is 17.4 Å². The summed E-state index contributed by atoms with van der Waals surface area (Å²) in [4.78, 5) is 28.6. The Bertz CT molecular complexity index is 659. The minimum Gasteiger partial charge on any atom is -0.480 e. The van der Waals surface area contributed by atoms with Crippen LogP contribution in [0, 0.1) is 5.92 Å². The monoisotopic (exact) mass is 286 g/mol. The molecule has 0 bridgehead atoms. The van der Waals surface area contributed by atoms with Crippen LogP contribution in [0.15, 0.2) is 30.3 Å². The number of H-pyrrole nitrogens is 1. The highest BCUT2D eigenvalue weighted by Gasteiger charge is 2.35. The molecule has 1 amide bonds. The fraction of sp³-hybridized carbons (Fsp3) is 0.375. The van der Waals surface area contributed by atoms with E-state index in [9.17, 15) is 14.7 Å². The van der Waals surface area contributed by atoms with Crippen molar-refractivity contribution in [3.8, 4) is 0 Å². The fourth-order valence-electron chi connectivity index (χ4n) is 2.96. The van der Waals surface area contributed by atoms with Crippen LogP contribution in [0.1, 0.15) is 30.3 Å². The Morgan fingerprint density at radius 2 is 2.10 bits per heavy atom. The third-order valence-corrected chi connectivity index (χ3v) is 4.17. The number of carbonyl (C=O) groups is 2. The first-order chi connectivity index (χ1) is 10.1. The number of rotatable bonds is 2. The van der Waals surface area contributed by atoms with Crippen LogP contribution in [-0.2, 0) is 4.79 Å². The zero-order chi connectivity index (χ0) is 15.0. The third kappa shape index (κ3) is 2.51. The lowest BCUT2D eigenvalue weighted by molar-refractivity contribution is -0.144. The fourth-order valence-corrected chi connectivity index (χ4v) is 2.96. The summed E-state index contributed by atoms with van der Waals surface area (Å²) in [5, 5.41) is 10.3. The number of benzene rings is 1. The number of aromatic nitrogens is 1. The van der Waals surface area contributed by atoms with Gasteiger partial charge in [-0.1, -0.05) is 25.1 Å². The molecule has 1 aliphatic heterocycles. The van der Waals surface area contributed by atoms with Crippen molar-refractivity contribution < 1.29 is 14.7 Å². The Kier molecular flexibility index (Phi) is 3.41. The van der Waals surface area contributed by atoms with Crippen LogP contribution in [0.25, 0.3) is 10.9 Å². The van der Waals surface area contributed by atoms with Crippen molar-refractivity contribution in [2.24, 2.45) is 5.92 Å². The molecule has 110 valence electrons. The number of aliphatic carboxylic acids is 1. The van der Waals surface area contributed by atoms with E-state index in [4.69, 9.17) is 0 Å². The average Bonchev–Trinajstić information content (AvgIpc) is 2.90. The van der Waals surface area contributed by atoms with Gasteiger partial charge in [0.2, 0.25) is 0 Å². The van der Waals surface area contributed by atoms with E-state index in [-0.39, 0.29) is 5.91 Å². The quantitative estimate of drug-likeness (QED) is 0.890. The Morgan fingerprint density at radius 3 is 2.81 bits per heavy atom. The number of piperidine rings is 1. The van der Waals surface area contributed by atoms with Gasteiger partial charge in [-0.3, -0.25) is 4.79 Å². The largest absolute Gasteiger partial charge is 0.480 e. The van der Waals surface area contributed by atoms with Crippen molar-refractivity contribution in [2.75, 3.05) is 6.54 Å². The number of carboxylic acid groups (broad SMARTS) is 1. The number of hydrogen-bond donors (Lipinski definition) is 2. The topological polar surface area (TPSA) is 73.4 Å². The zero-order valence-corrected chi connectivity index (χ0v) is 11.9. The normalized spacial score (nSPS) is 22.4. The van der Waals surface area contributed by atoms with E-state index in [0.717, 1.165) is 17.3 Å². The molecule has 1 aromatic heterocycles. The highest BCUT2D eigenvalue weighted by molar-refractivity contribution is 5.99. The second-order valence-corrected chi connectivity index (χ2v) is 5.75. The third-order valence-electron chi connectivity index (χ3n) is 4.17. The maximum Gasteiger partial charge on any atom is 0.326 e. The van der Waals surface area contributed by atoms with Crippen molar-refractivity contribution in [3.05, 3.63) is 36.0 Å². The molecule has 1 aliphatic rings. The van der Waals surface area contributed by atoms with Gasteiger partial charge in [0.25, 0.3) is 5.91 Å². The molecular formula is C16H18N2O3. The summed E-state index contributed by atoms with van der Waals surface area (Å²) >= 11 is 0. The van der Waals surface area contributed by atoms with E-state index in [1.165, 1.54) is 4.90 Å². The second-order valence-electron chi connectivity index (χ2n) is 5.75. The Labute approximate surface area is 122 Å². The number of nitrogens with one attached hydrogen (secondary N) is 1. The number of fused-ring (bicyclic) bond motifs is 1. The van der Waals surface area contributed by atoms with Crippen molar-refractivity contribution in [2.45, 2.75) is 25.8 Å². The molecule has 2 N–H and O–H groups in total. The molecule has 2 unspecified atom stereocenters. The summed E-state index contributed by atoms with van der Waals surface area (Å²) in [7, 11) is 0. The Morgan fingerprint density at radius 1 is 1.33 bits per heavy atom. The molecule has 21 heavy (non-hydrogen) atoms. The van der Waals surface area contributed by atoms with Crippen LogP contribution < -0.4 is 0 Å². The highest BCUT2D eigenvalue weighted by atomic mass is 16.4. The van der Waals surface area contributed by atoms with E-state index in [0.29, 0.717) is 24.6 Å². The van der Waals surface area contributed by atoms with E-state index >= 15 is 0 Å². The van der Waals surface area contributed by atoms with Crippen LogP contribution in [-0.4, -0.2) is 39.5 Å². The van der Waals surface area contributed by atoms with Gasteiger partial charge >= 0.3 is 5.97 Å². The number of aromatic amines is 1. The summed E-state index contributed by atoms with van der Waals surface area (Å²) in [5.74, 6) is -0.825. The van der Waals surface area contributed by atoms with Gasteiger partial charge in [0.05, 0.1) is 0 Å². The summed E-state index contributed by atoms with van der Waals surface area (Å²) in [6, 6.07) is 8.69. The summed E-state index contributed by atoms with van der Waals surface area (Å²) in [6.45, 7) is 2.52. The molecule has 2 aromatic rings. The molecule has 1 fully saturated rings. The van der Waals surface area contributed by atoms with Gasteiger partial charge in [-0.05, 0) is 30.9 Å². The number of amides is 1. The number of hydrogen-bond acceptors (Lipinski definition) is 2. The van der Waals surface area contributed by atoms with E-state index in [1.54, 1.807) is 6.07 Å². The number of para-hydroxylation sites is 1. The van der Waals surface area contributed by atoms with Gasteiger partial charge < -0.3 is 15.0 Å². The van der Waals surface area contributed by atoms with Crippen LogP contribution in [0.2, 0.25) is 0 Å². The lowest BCUT2D eigenvalue weighted by Crippen LogP contribution is -2.49. The Hall–Kier alpha value is -2.30. The van der Waals surface area contributed by atoms with Crippen molar-refractivity contribution in [1.29, 1.82) is 0 Å². The van der Waals surface area contributed by atoms with Crippen molar-refractivity contribution in [1.82, 2.24) is 9.88 Å². The molecule has 0 spiro atoms. The minimum atomic E-state index is -0.925. The molecule has 2 atom stereocenters. The zero-order valence-electron chi connectivity index (χ0n) is 11.9. The Balaban J connectivity index is 1.90. The predicted molar refractivity (Wildman–Crippen MR) is 79.2 cm³/mol. The van der Waals surface area contributed by atoms with Crippen LogP contribution in [0.3, 0.4) is 0 Å². The molecule has 5 nitrogen and oxygen atoms in total. The van der Waals surface area contributed by atoms with Crippen LogP contribution in [0.5, 0.6) is 0 Å². The highest BCUT2D eigenvalue weighted by Crippen LogP contribution is 2.25. The second kappa shape index (κ2) is 5.24. The molecule has 0 aliphatic carbocycles. The van der Waals surface area contributed by atoms with Crippen molar-refractivity contribution in [3.63, 3.8) is 0 Å². The standard InChI is InChI=1S/C16H18N2O3/c1-10-6-7-18(14(8-10)16(20)21)15(19)13-9-11-4-2-3-5-12(11)17-13/h2-5,9-10,14,17H,6-8H2,1H3,(H,20,21). The molecule has 1 aromatic carbocycles. The number of nitrogens with zero attached hydrogens (tertiary/aromatic N) is 1. The molecule has 5 heteroatoms. The molecule has 0 radical (unpaired) electrons. The van der Waals surface area contributed by atoms with Gasteiger partial charge in [0.1, 0.15) is 11.7 Å². The molecule has 3 rings (SSSR count). The number of carbonyl (C=O) groups excluding carboxylic acids is 1. The van der Waals surface area contributed by atoms with Gasteiger partial charge in [-0.15, -0.1) is 0 Å². The molecule has 2 heterocycles. The number of likely N-dealkylation sites (tertiary alicyclic amines) is 1. The lowest BCUT2D eigenvalue weighted by atomic mass is 9.92. The maximum atomic E-state index is 12.6. The van der Waals surface area contributed by atoms with Gasteiger partial charge in [0.15, 0.2) is 0 Å². The first kappa shape index (κ1) is 13.7. The smallest absolute Gasteiger partial charge is 0.326 e. The van der Waals surface area contributed by atoms with Crippen molar-refractivity contribution >= 4 is 22.8 Å². The van der Waals surface area contributed by atoms with Crippen LogP contribution >= 0.6 is 0 Å². The first-order valence-electron chi connectivity index (χ1n) is 7.18.